The molecule has 8 aromatic rings. The zero-order chi connectivity index (χ0) is 33.0. The van der Waals surface area contributed by atoms with Gasteiger partial charge < -0.3 is 0 Å². The van der Waals surface area contributed by atoms with Crippen molar-refractivity contribution in [3.63, 3.8) is 0 Å². The fourth-order valence-electron chi connectivity index (χ4n) is 7.31. The molecule has 0 N–H and O–H groups in total. The summed E-state index contributed by atoms with van der Waals surface area (Å²) in [5.41, 5.74) is 12.7. The van der Waals surface area contributed by atoms with E-state index >= 15 is 0 Å². The Morgan fingerprint density at radius 1 is 0.367 bits per heavy atom. The molecule has 0 unspecified atom stereocenters. The van der Waals surface area contributed by atoms with E-state index in [9.17, 15) is 0 Å². The maximum atomic E-state index is 5.12. The SMILES string of the molecule is CC1(C)c2ccc(-c3nc(-c4ccc(-c5ccccc5)cc4)nc(-c4ccc(-c5ccccc5)cc4)n3)cc2-c2c1ccc1ccccc21. The van der Waals surface area contributed by atoms with Gasteiger partial charge in [0.05, 0.1) is 0 Å². The van der Waals surface area contributed by atoms with Gasteiger partial charge in [0, 0.05) is 22.1 Å². The number of hydrogen-bond donors (Lipinski definition) is 0. The molecule has 1 heterocycles. The molecule has 1 aromatic heterocycles. The Morgan fingerprint density at radius 3 is 1.37 bits per heavy atom. The van der Waals surface area contributed by atoms with Gasteiger partial charge in [-0.1, -0.05) is 172 Å². The first-order valence-electron chi connectivity index (χ1n) is 16.8. The van der Waals surface area contributed by atoms with E-state index in [0.29, 0.717) is 17.5 Å². The number of fused-ring (bicyclic) bond motifs is 5. The molecule has 0 spiro atoms. The quantitative estimate of drug-likeness (QED) is 0.191. The van der Waals surface area contributed by atoms with Crippen molar-refractivity contribution in [3.8, 4) is 67.5 Å². The summed E-state index contributed by atoms with van der Waals surface area (Å²) in [7, 11) is 0. The van der Waals surface area contributed by atoms with Crippen molar-refractivity contribution in [3.05, 3.63) is 175 Å². The van der Waals surface area contributed by atoms with E-state index in [1.807, 2.05) is 12.1 Å². The van der Waals surface area contributed by atoms with Crippen molar-refractivity contribution in [1.82, 2.24) is 15.0 Å². The maximum Gasteiger partial charge on any atom is 0.164 e. The smallest absolute Gasteiger partial charge is 0.164 e. The monoisotopic (exact) mass is 627 g/mol. The average Bonchev–Trinajstić information content (AvgIpc) is 3.41. The molecule has 0 radical (unpaired) electrons. The van der Waals surface area contributed by atoms with Gasteiger partial charge in [0.2, 0.25) is 0 Å². The fraction of sp³-hybridized carbons (Fsp3) is 0.0652. The Hall–Kier alpha value is -6.19. The van der Waals surface area contributed by atoms with E-state index in [1.54, 1.807) is 0 Å². The van der Waals surface area contributed by atoms with Gasteiger partial charge in [-0.3, -0.25) is 0 Å². The minimum atomic E-state index is -0.107. The maximum absolute atomic E-state index is 5.12. The van der Waals surface area contributed by atoms with Crippen molar-refractivity contribution in [1.29, 1.82) is 0 Å². The number of benzene rings is 7. The third-order valence-corrected chi connectivity index (χ3v) is 9.96. The van der Waals surface area contributed by atoms with Gasteiger partial charge in [-0.05, 0) is 61.3 Å². The molecule has 1 aliphatic carbocycles. The second-order valence-corrected chi connectivity index (χ2v) is 13.3. The Kier molecular flexibility index (Phi) is 6.80. The lowest BCUT2D eigenvalue weighted by molar-refractivity contribution is 0.661. The Morgan fingerprint density at radius 2 is 0.796 bits per heavy atom. The lowest BCUT2D eigenvalue weighted by Gasteiger charge is -2.21. The van der Waals surface area contributed by atoms with Gasteiger partial charge in [0.25, 0.3) is 0 Å². The predicted molar refractivity (Wildman–Crippen MR) is 202 cm³/mol. The first kappa shape index (κ1) is 29.0. The summed E-state index contributed by atoms with van der Waals surface area (Å²) in [6.07, 6.45) is 0. The first-order valence-corrected chi connectivity index (χ1v) is 16.8. The molecule has 3 nitrogen and oxygen atoms in total. The predicted octanol–water partition coefficient (Wildman–Crippen LogP) is 11.7. The largest absolute Gasteiger partial charge is 0.208 e. The van der Waals surface area contributed by atoms with Gasteiger partial charge in [0.15, 0.2) is 17.5 Å². The molecular formula is C46H33N3. The second kappa shape index (κ2) is 11.5. The van der Waals surface area contributed by atoms with Crippen molar-refractivity contribution in [2.75, 3.05) is 0 Å². The number of aromatic nitrogens is 3. The van der Waals surface area contributed by atoms with E-state index in [-0.39, 0.29) is 5.41 Å². The first-order chi connectivity index (χ1) is 24.0. The molecule has 0 aliphatic heterocycles. The van der Waals surface area contributed by atoms with E-state index < -0.39 is 0 Å². The summed E-state index contributed by atoms with van der Waals surface area (Å²) in [6, 6.07) is 57.8. The average molecular weight is 628 g/mol. The summed E-state index contributed by atoms with van der Waals surface area (Å²) in [4.78, 5) is 15.3. The van der Waals surface area contributed by atoms with E-state index in [0.717, 1.165) is 27.8 Å². The van der Waals surface area contributed by atoms with Crippen LogP contribution in [0.4, 0.5) is 0 Å². The third-order valence-electron chi connectivity index (χ3n) is 9.96. The van der Waals surface area contributed by atoms with E-state index in [1.165, 1.54) is 44.2 Å². The van der Waals surface area contributed by atoms with Crippen molar-refractivity contribution in [2.24, 2.45) is 0 Å². The molecule has 3 heteroatoms. The van der Waals surface area contributed by atoms with Crippen LogP contribution < -0.4 is 0 Å². The topological polar surface area (TPSA) is 38.7 Å². The lowest BCUT2D eigenvalue weighted by Crippen LogP contribution is -2.14. The minimum absolute atomic E-state index is 0.107. The molecule has 0 atom stereocenters. The van der Waals surface area contributed by atoms with Gasteiger partial charge in [-0.15, -0.1) is 0 Å². The van der Waals surface area contributed by atoms with Gasteiger partial charge >= 0.3 is 0 Å². The van der Waals surface area contributed by atoms with Crippen LogP contribution in [0.1, 0.15) is 25.0 Å². The van der Waals surface area contributed by atoms with Crippen LogP contribution in [0.2, 0.25) is 0 Å². The van der Waals surface area contributed by atoms with E-state index in [2.05, 4.69) is 166 Å². The summed E-state index contributed by atoms with van der Waals surface area (Å²) in [5, 5.41) is 2.52. The van der Waals surface area contributed by atoms with Crippen molar-refractivity contribution in [2.45, 2.75) is 19.3 Å². The van der Waals surface area contributed by atoms with Gasteiger partial charge in [-0.25, -0.2) is 15.0 Å². The summed E-state index contributed by atoms with van der Waals surface area (Å²) >= 11 is 0. The summed E-state index contributed by atoms with van der Waals surface area (Å²) in [5.74, 6) is 1.96. The number of hydrogen-bond acceptors (Lipinski definition) is 3. The number of nitrogens with zero attached hydrogens (tertiary/aromatic N) is 3. The molecule has 1 aliphatic rings. The molecule has 0 bridgehead atoms. The van der Waals surface area contributed by atoms with E-state index in [4.69, 9.17) is 15.0 Å². The molecule has 9 rings (SSSR count). The Bertz CT molecular complexity index is 2380. The highest BCUT2D eigenvalue weighted by Crippen LogP contribution is 2.52. The molecule has 49 heavy (non-hydrogen) atoms. The highest BCUT2D eigenvalue weighted by atomic mass is 15.0. The Labute approximate surface area is 286 Å². The van der Waals surface area contributed by atoms with Crippen LogP contribution in [-0.2, 0) is 5.41 Å². The molecule has 0 saturated heterocycles. The molecule has 232 valence electrons. The van der Waals surface area contributed by atoms with Crippen LogP contribution in [0.25, 0.3) is 78.3 Å². The zero-order valence-electron chi connectivity index (χ0n) is 27.4. The van der Waals surface area contributed by atoms with Crippen molar-refractivity contribution >= 4 is 10.8 Å². The summed E-state index contributed by atoms with van der Waals surface area (Å²) in [6.45, 7) is 4.65. The lowest BCUT2D eigenvalue weighted by atomic mass is 9.82. The second-order valence-electron chi connectivity index (χ2n) is 13.3. The van der Waals surface area contributed by atoms with Crippen molar-refractivity contribution < 1.29 is 0 Å². The third kappa shape index (κ3) is 5.03. The summed E-state index contributed by atoms with van der Waals surface area (Å²) < 4.78 is 0. The molecular weight excluding hydrogens is 595 g/mol. The van der Waals surface area contributed by atoms with Crippen LogP contribution in [0, 0.1) is 0 Å². The normalized spacial score (nSPS) is 12.9. The van der Waals surface area contributed by atoms with Crippen LogP contribution in [0.15, 0.2) is 164 Å². The van der Waals surface area contributed by atoms with Crippen LogP contribution >= 0.6 is 0 Å². The Balaban J connectivity index is 1.19. The molecule has 0 saturated carbocycles. The highest BCUT2D eigenvalue weighted by molar-refractivity contribution is 6.03. The fourth-order valence-corrected chi connectivity index (χ4v) is 7.31. The van der Waals surface area contributed by atoms with Gasteiger partial charge in [-0.2, -0.15) is 0 Å². The van der Waals surface area contributed by atoms with Crippen LogP contribution in [0.5, 0.6) is 0 Å². The molecule has 7 aromatic carbocycles. The minimum Gasteiger partial charge on any atom is -0.208 e. The molecule has 0 amide bonds. The van der Waals surface area contributed by atoms with Gasteiger partial charge in [0.1, 0.15) is 0 Å². The highest BCUT2D eigenvalue weighted by Gasteiger charge is 2.36. The zero-order valence-corrected chi connectivity index (χ0v) is 27.4. The van der Waals surface area contributed by atoms with Crippen LogP contribution in [-0.4, -0.2) is 15.0 Å². The number of rotatable bonds is 5. The van der Waals surface area contributed by atoms with Crippen LogP contribution in [0.3, 0.4) is 0 Å². The standard InChI is InChI=1S/C46H33N3/c1-46(2)40-27-26-37(29-39(40)42-38-16-10-9-15-34(38)25-28-41(42)46)45-48-43(35-21-17-32(18-22-35)30-11-5-3-6-12-30)47-44(49-45)36-23-19-33(20-24-36)31-13-7-4-8-14-31/h3-29H,1-2H3. The molecule has 0 fully saturated rings.